The minimum atomic E-state index is -0.0844. The van der Waals surface area contributed by atoms with Crippen LogP contribution in [-0.2, 0) is 0 Å². The number of fused-ring (bicyclic) bond motifs is 5. The lowest BCUT2D eigenvalue weighted by Gasteiger charge is -2.58. The molecule has 32 heavy (non-hydrogen) atoms. The van der Waals surface area contributed by atoms with Crippen molar-refractivity contribution in [2.75, 3.05) is 0 Å². The Bertz CT molecular complexity index is 695. The first-order chi connectivity index (χ1) is 14.9. The van der Waals surface area contributed by atoms with E-state index >= 15 is 0 Å². The van der Waals surface area contributed by atoms with E-state index in [2.05, 4.69) is 61.5 Å². The summed E-state index contributed by atoms with van der Waals surface area (Å²) >= 11 is 0. The van der Waals surface area contributed by atoms with E-state index in [1.807, 2.05) is 0 Å². The summed E-state index contributed by atoms with van der Waals surface area (Å²) in [5.41, 5.74) is 3.02. The smallest absolute Gasteiger partial charge is 0.0577 e. The van der Waals surface area contributed by atoms with Crippen molar-refractivity contribution in [2.24, 2.45) is 57.7 Å². The Balaban J connectivity index is 1.48. The molecule has 0 heterocycles. The minimum Gasteiger partial charge on any atom is -0.393 e. The van der Waals surface area contributed by atoms with Gasteiger partial charge in [0.25, 0.3) is 0 Å². The van der Waals surface area contributed by atoms with Crippen LogP contribution in [0.25, 0.3) is 0 Å². The van der Waals surface area contributed by atoms with Crippen LogP contribution in [0, 0.1) is 57.7 Å². The summed E-state index contributed by atoms with van der Waals surface area (Å²) in [6.07, 6.45) is 15.6. The second-order valence-electron chi connectivity index (χ2n) is 14.2. The number of hydrogen-bond donors (Lipinski definition) is 1. The molecule has 0 aliphatic heterocycles. The minimum absolute atomic E-state index is 0.0844. The quantitative estimate of drug-likeness (QED) is 0.408. The predicted molar refractivity (Wildman–Crippen MR) is 137 cm³/mol. The third-order valence-electron chi connectivity index (χ3n) is 12.6. The molecule has 184 valence electrons. The zero-order valence-electron chi connectivity index (χ0n) is 22.7. The zero-order valence-corrected chi connectivity index (χ0v) is 22.7. The Labute approximate surface area is 200 Å². The summed E-state index contributed by atoms with van der Waals surface area (Å²) in [6, 6.07) is 0. The summed E-state index contributed by atoms with van der Waals surface area (Å²) in [6.45, 7) is 20.2. The van der Waals surface area contributed by atoms with Crippen molar-refractivity contribution in [1.82, 2.24) is 0 Å². The van der Waals surface area contributed by atoms with Gasteiger partial charge in [-0.25, -0.2) is 0 Å². The van der Waals surface area contributed by atoms with E-state index in [0.29, 0.717) is 16.2 Å². The molecule has 0 saturated heterocycles. The van der Waals surface area contributed by atoms with Gasteiger partial charge in [0.15, 0.2) is 0 Å². The van der Waals surface area contributed by atoms with Crippen molar-refractivity contribution in [2.45, 2.75) is 126 Å². The highest BCUT2D eigenvalue weighted by Crippen LogP contribution is 2.67. The Morgan fingerprint density at radius 2 is 1.66 bits per heavy atom. The first kappa shape index (κ1) is 24.8. The van der Waals surface area contributed by atoms with Gasteiger partial charge in [0, 0.05) is 0 Å². The molecule has 1 N–H and O–H groups in total. The Kier molecular flexibility index (Phi) is 6.77. The van der Waals surface area contributed by atoms with Gasteiger partial charge in [-0.3, -0.25) is 0 Å². The van der Waals surface area contributed by atoms with Crippen LogP contribution in [0.15, 0.2) is 11.6 Å². The average molecular weight is 443 g/mol. The maximum Gasteiger partial charge on any atom is 0.0577 e. The molecule has 0 aromatic carbocycles. The SMILES string of the molecule is CC(CCC(C)(C(C)C)C(C)C)C1CCC2C3CC=C4CC(O)CCC4(C)C3CCC12C. The van der Waals surface area contributed by atoms with Gasteiger partial charge in [0.2, 0.25) is 0 Å². The topological polar surface area (TPSA) is 20.2 Å². The standard InChI is InChI=1S/C31H54O/c1-20(2)29(6,21(3)4)16-13-22(5)26-11-12-27-25-10-9-23-19-24(32)14-17-30(23,7)28(25)15-18-31(26,27)8/h9,20-22,24-28,32H,10-19H2,1-8H3. The van der Waals surface area contributed by atoms with Gasteiger partial charge in [-0.2, -0.15) is 0 Å². The molecular formula is C31H54O. The van der Waals surface area contributed by atoms with Crippen molar-refractivity contribution < 1.29 is 5.11 Å². The van der Waals surface area contributed by atoms with E-state index < -0.39 is 0 Å². The van der Waals surface area contributed by atoms with Crippen molar-refractivity contribution in [1.29, 1.82) is 0 Å². The molecule has 0 aromatic heterocycles. The molecule has 4 aliphatic carbocycles. The van der Waals surface area contributed by atoms with Gasteiger partial charge in [-0.15, -0.1) is 0 Å². The van der Waals surface area contributed by atoms with Gasteiger partial charge in [0.05, 0.1) is 6.10 Å². The summed E-state index contributed by atoms with van der Waals surface area (Å²) in [4.78, 5) is 0. The van der Waals surface area contributed by atoms with Crippen LogP contribution in [0.2, 0.25) is 0 Å². The van der Waals surface area contributed by atoms with Crippen molar-refractivity contribution in [3.05, 3.63) is 11.6 Å². The largest absolute Gasteiger partial charge is 0.393 e. The molecule has 1 nitrogen and oxygen atoms in total. The zero-order chi connectivity index (χ0) is 23.5. The van der Waals surface area contributed by atoms with Gasteiger partial charge in [-0.05, 0) is 122 Å². The molecular weight excluding hydrogens is 388 g/mol. The lowest BCUT2D eigenvalue weighted by molar-refractivity contribution is -0.0582. The van der Waals surface area contributed by atoms with E-state index in [1.165, 1.54) is 51.4 Å². The van der Waals surface area contributed by atoms with Gasteiger partial charge >= 0.3 is 0 Å². The van der Waals surface area contributed by atoms with Crippen LogP contribution < -0.4 is 0 Å². The van der Waals surface area contributed by atoms with Gasteiger partial charge < -0.3 is 5.11 Å². The average Bonchev–Trinajstić information content (AvgIpc) is 3.09. The third-order valence-corrected chi connectivity index (χ3v) is 12.6. The first-order valence-corrected chi connectivity index (χ1v) is 14.3. The molecule has 4 rings (SSSR count). The Morgan fingerprint density at radius 1 is 0.969 bits per heavy atom. The summed E-state index contributed by atoms with van der Waals surface area (Å²) < 4.78 is 0. The fourth-order valence-electron chi connectivity index (χ4n) is 9.60. The normalized spacial score (nSPS) is 43.0. The van der Waals surface area contributed by atoms with Crippen LogP contribution in [-0.4, -0.2) is 11.2 Å². The van der Waals surface area contributed by atoms with E-state index in [1.54, 1.807) is 5.57 Å². The van der Waals surface area contributed by atoms with Crippen molar-refractivity contribution in [3.63, 3.8) is 0 Å². The number of allylic oxidation sites excluding steroid dienone is 1. The molecule has 0 bridgehead atoms. The second kappa shape index (κ2) is 8.73. The van der Waals surface area contributed by atoms with Crippen LogP contribution in [0.1, 0.15) is 120 Å². The fraction of sp³-hybridized carbons (Fsp3) is 0.935. The van der Waals surface area contributed by atoms with E-state index in [9.17, 15) is 5.11 Å². The van der Waals surface area contributed by atoms with E-state index in [0.717, 1.165) is 54.3 Å². The van der Waals surface area contributed by atoms with Crippen LogP contribution >= 0.6 is 0 Å². The highest BCUT2D eigenvalue weighted by atomic mass is 16.3. The maximum atomic E-state index is 10.3. The molecule has 3 fully saturated rings. The molecule has 0 aromatic rings. The van der Waals surface area contributed by atoms with E-state index in [-0.39, 0.29) is 6.10 Å². The molecule has 0 spiro atoms. The highest BCUT2D eigenvalue weighted by Gasteiger charge is 2.59. The van der Waals surface area contributed by atoms with Crippen LogP contribution in [0.4, 0.5) is 0 Å². The Hall–Kier alpha value is -0.300. The van der Waals surface area contributed by atoms with Crippen molar-refractivity contribution >= 4 is 0 Å². The highest BCUT2D eigenvalue weighted by molar-refractivity contribution is 5.25. The summed E-state index contributed by atoms with van der Waals surface area (Å²) in [5.74, 6) is 5.98. The second-order valence-corrected chi connectivity index (χ2v) is 14.2. The lowest BCUT2D eigenvalue weighted by atomic mass is 9.47. The third kappa shape index (κ3) is 3.85. The van der Waals surface area contributed by atoms with Crippen LogP contribution in [0.3, 0.4) is 0 Å². The lowest BCUT2D eigenvalue weighted by Crippen LogP contribution is -2.50. The fourth-order valence-corrected chi connectivity index (χ4v) is 9.60. The maximum absolute atomic E-state index is 10.3. The Morgan fingerprint density at radius 3 is 2.31 bits per heavy atom. The monoisotopic (exact) mass is 442 g/mol. The molecule has 1 heteroatoms. The summed E-state index contributed by atoms with van der Waals surface area (Å²) in [7, 11) is 0. The number of aliphatic hydroxyl groups excluding tert-OH is 1. The van der Waals surface area contributed by atoms with Crippen molar-refractivity contribution in [3.8, 4) is 0 Å². The molecule has 3 saturated carbocycles. The summed E-state index contributed by atoms with van der Waals surface area (Å²) in [5, 5.41) is 10.3. The number of aliphatic hydroxyl groups is 1. The van der Waals surface area contributed by atoms with E-state index in [4.69, 9.17) is 0 Å². The number of rotatable bonds is 6. The molecule has 8 unspecified atom stereocenters. The van der Waals surface area contributed by atoms with Gasteiger partial charge in [-0.1, -0.05) is 67.0 Å². The molecule has 0 radical (unpaired) electrons. The molecule has 0 amide bonds. The van der Waals surface area contributed by atoms with Crippen LogP contribution in [0.5, 0.6) is 0 Å². The molecule has 4 aliphatic rings. The van der Waals surface area contributed by atoms with Gasteiger partial charge in [0.1, 0.15) is 0 Å². The first-order valence-electron chi connectivity index (χ1n) is 14.3. The molecule has 8 atom stereocenters. The number of hydrogen-bond acceptors (Lipinski definition) is 1. The predicted octanol–water partition coefficient (Wildman–Crippen LogP) is 8.66.